The van der Waals surface area contributed by atoms with Crippen LogP contribution < -0.4 is 4.90 Å². The van der Waals surface area contributed by atoms with Crippen molar-refractivity contribution in [1.82, 2.24) is 0 Å². The molecule has 0 spiro atoms. The van der Waals surface area contributed by atoms with Gasteiger partial charge in [-0.05, 0) is 43.5 Å². The number of anilines is 1. The number of nitrogens with zero attached hydrogens (tertiary/aromatic N) is 2. The Morgan fingerprint density at radius 3 is 2.59 bits per heavy atom. The van der Waals surface area contributed by atoms with Crippen LogP contribution in [-0.2, 0) is 20.7 Å². The molecule has 1 amide bonds. The maximum Gasteiger partial charge on any atom is 0.349 e. The van der Waals surface area contributed by atoms with Crippen molar-refractivity contribution in [1.29, 1.82) is 5.26 Å². The summed E-state index contributed by atoms with van der Waals surface area (Å²) in [6.07, 6.45) is 1.27. The van der Waals surface area contributed by atoms with Gasteiger partial charge >= 0.3 is 5.97 Å². The fraction of sp³-hybridized carbons (Fsp3) is 0.227. The van der Waals surface area contributed by atoms with Gasteiger partial charge in [0.2, 0.25) is 0 Å². The summed E-state index contributed by atoms with van der Waals surface area (Å²) in [5.74, 6) is -1.09. The van der Waals surface area contributed by atoms with Crippen molar-refractivity contribution >= 4 is 23.6 Å². The zero-order valence-electron chi connectivity index (χ0n) is 15.3. The van der Waals surface area contributed by atoms with Gasteiger partial charge < -0.3 is 9.64 Å². The average Bonchev–Trinajstić information content (AvgIpc) is 3.10. The first-order valence-corrected chi connectivity index (χ1v) is 8.78. The Bertz CT molecular complexity index is 939. The predicted molar refractivity (Wildman–Crippen MR) is 103 cm³/mol. The zero-order valence-corrected chi connectivity index (χ0v) is 15.3. The largest absolute Gasteiger partial charge is 0.448 e. The summed E-state index contributed by atoms with van der Waals surface area (Å²) in [6, 6.07) is 16.9. The fourth-order valence-electron chi connectivity index (χ4n) is 3.03. The minimum absolute atomic E-state index is 0.139. The number of carbonyl (C=O) groups is 2. The third-order valence-electron chi connectivity index (χ3n) is 4.51. The van der Waals surface area contributed by atoms with Crippen LogP contribution in [0, 0.1) is 18.3 Å². The first-order valence-electron chi connectivity index (χ1n) is 8.78. The van der Waals surface area contributed by atoms with Gasteiger partial charge in [0.1, 0.15) is 11.6 Å². The van der Waals surface area contributed by atoms with Crippen molar-refractivity contribution in [2.45, 2.75) is 26.4 Å². The molecule has 0 saturated carbocycles. The van der Waals surface area contributed by atoms with Crippen LogP contribution in [0.25, 0.3) is 6.08 Å². The Labute approximate surface area is 158 Å². The van der Waals surface area contributed by atoms with Crippen molar-refractivity contribution in [3.8, 4) is 6.07 Å². The van der Waals surface area contributed by atoms with Crippen molar-refractivity contribution in [2.24, 2.45) is 0 Å². The van der Waals surface area contributed by atoms with Crippen LogP contribution in [0.3, 0.4) is 0 Å². The summed E-state index contributed by atoms with van der Waals surface area (Å²) < 4.78 is 5.27. The molecule has 5 nitrogen and oxygen atoms in total. The predicted octanol–water partition coefficient (Wildman–Crippen LogP) is 3.42. The molecule has 1 aliphatic heterocycles. The molecule has 2 aromatic carbocycles. The highest BCUT2D eigenvalue weighted by molar-refractivity contribution is 6.02. The van der Waals surface area contributed by atoms with E-state index in [1.54, 1.807) is 4.90 Å². The third kappa shape index (κ3) is 4.06. The SMILES string of the molecule is Cc1ccc(/C=C(\C#N)C(=O)O[C@@H](C)C(=O)N2CCc3ccccc32)cc1. The average molecular weight is 360 g/mol. The molecule has 3 rings (SSSR count). The monoisotopic (exact) mass is 360 g/mol. The maximum atomic E-state index is 12.7. The van der Waals surface area contributed by atoms with E-state index in [0.717, 1.165) is 28.8 Å². The summed E-state index contributed by atoms with van der Waals surface area (Å²) in [5.41, 5.74) is 3.61. The van der Waals surface area contributed by atoms with Gasteiger partial charge in [0.25, 0.3) is 5.91 Å². The molecule has 0 bridgehead atoms. The van der Waals surface area contributed by atoms with E-state index in [0.29, 0.717) is 6.54 Å². The van der Waals surface area contributed by atoms with Crippen molar-refractivity contribution in [3.05, 3.63) is 70.8 Å². The van der Waals surface area contributed by atoms with E-state index >= 15 is 0 Å². The topological polar surface area (TPSA) is 70.4 Å². The quantitative estimate of drug-likeness (QED) is 0.476. The van der Waals surface area contributed by atoms with Crippen molar-refractivity contribution in [2.75, 3.05) is 11.4 Å². The zero-order chi connectivity index (χ0) is 19.4. The second kappa shape index (κ2) is 7.88. The van der Waals surface area contributed by atoms with Gasteiger partial charge in [0.15, 0.2) is 6.10 Å². The molecule has 0 aliphatic carbocycles. The number of hydrogen-bond acceptors (Lipinski definition) is 4. The van der Waals surface area contributed by atoms with Gasteiger partial charge in [-0.25, -0.2) is 4.79 Å². The normalized spacial score (nSPS) is 14.3. The Morgan fingerprint density at radius 2 is 1.89 bits per heavy atom. The number of aryl methyl sites for hydroxylation is 1. The smallest absolute Gasteiger partial charge is 0.349 e. The molecular weight excluding hydrogens is 340 g/mol. The molecule has 0 radical (unpaired) electrons. The molecule has 0 N–H and O–H groups in total. The second-order valence-corrected chi connectivity index (χ2v) is 6.50. The molecule has 0 aromatic heterocycles. The number of esters is 1. The number of amides is 1. The number of benzene rings is 2. The first kappa shape index (κ1) is 18.4. The summed E-state index contributed by atoms with van der Waals surface area (Å²) in [7, 11) is 0. The van der Waals surface area contributed by atoms with Crippen molar-refractivity contribution in [3.63, 3.8) is 0 Å². The summed E-state index contributed by atoms with van der Waals surface area (Å²) in [4.78, 5) is 26.7. The van der Waals surface area contributed by atoms with Crippen molar-refractivity contribution < 1.29 is 14.3 Å². The molecule has 2 aromatic rings. The van der Waals surface area contributed by atoms with E-state index in [1.807, 2.05) is 61.5 Å². The minimum Gasteiger partial charge on any atom is -0.448 e. The first-order chi connectivity index (χ1) is 13.0. The number of para-hydroxylation sites is 1. The number of rotatable bonds is 4. The Balaban J connectivity index is 1.70. The number of fused-ring (bicyclic) bond motifs is 1. The van der Waals surface area contributed by atoms with Gasteiger partial charge in [0.05, 0.1) is 0 Å². The second-order valence-electron chi connectivity index (χ2n) is 6.50. The molecule has 0 saturated heterocycles. The molecule has 1 heterocycles. The molecule has 1 aliphatic rings. The van der Waals surface area contributed by atoms with Crippen LogP contribution in [0.4, 0.5) is 5.69 Å². The van der Waals surface area contributed by atoms with Crippen LogP contribution in [0.5, 0.6) is 0 Å². The van der Waals surface area contributed by atoms with Gasteiger partial charge in [-0.1, -0.05) is 48.0 Å². The highest BCUT2D eigenvalue weighted by Gasteiger charge is 2.30. The van der Waals surface area contributed by atoms with Crippen LogP contribution >= 0.6 is 0 Å². The van der Waals surface area contributed by atoms with Crippen LogP contribution in [0.1, 0.15) is 23.6 Å². The van der Waals surface area contributed by atoms with E-state index in [1.165, 1.54) is 13.0 Å². The van der Waals surface area contributed by atoms with E-state index in [-0.39, 0.29) is 11.5 Å². The molecule has 0 unspecified atom stereocenters. The lowest BCUT2D eigenvalue weighted by Gasteiger charge is -2.21. The number of nitriles is 1. The van der Waals surface area contributed by atoms with Crippen LogP contribution in [-0.4, -0.2) is 24.5 Å². The van der Waals surface area contributed by atoms with E-state index in [4.69, 9.17) is 4.74 Å². The molecule has 136 valence electrons. The van der Waals surface area contributed by atoms with Gasteiger partial charge in [-0.2, -0.15) is 5.26 Å². The van der Waals surface area contributed by atoms with E-state index in [9.17, 15) is 14.9 Å². The number of carbonyl (C=O) groups excluding carboxylic acids is 2. The Hall–Kier alpha value is -3.39. The lowest BCUT2D eigenvalue weighted by Crippen LogP contribution is -2.39. The van der Waals surface area contributed by atoms with Gasteiger partial charge in [0, 0.05) is 12.2 Å². The Kier molecular flexibility index (Phi) is 5.37. The molecule has 27 heavy (non-hydrogen) atoms. The van der Waals surface area contributed by atoms with Crippen LogP contribution in [0.15, 0.2) is 54.1 Å². The molecular formula is C22H20N2O3. The summed E-state index contributed by atoms with van der Waals surface area (Å²) in [6.45, 7) is 4.04. The summed E-state index contributed by atoms with van der Waals surface area (Å²) in [5, 5.41) is 9.29. The third-order valence-corrected chi connectivity index (χ3v) is 4.51. The van der Waals surface area contributed by atoms with Gasteiger partial charge in [-0.15, -0.1) is 0 Å². The lowest BCUT2D eigenvalue weighted by molar-refractivity contribution is -0.149. The molecule has 0 fully saturated rings. The number of ether oxygens (including phenoxy) is 1. The standard InChI is InChI=1S/C22H20N2O3/c1-15-7-9-17(10-8-15)13-19(14-23)22(26)27-16(2)21(25)24-12-11-18-5-3-4-6-20(18)24/h3-10,13,16H,11-12H2,1-2H3/b19-13+/t16-/m0/s1. The highest BCUT2D eigenvalue weighted by Crippen LogP contribution is 2.28. The van der Waals surface area contributed by atoms with E-state index in [2.05, 4.69) is 0 Å². The van der Waals surface area contributed by atoms with E-state index < -0.39 is 12.1 Å². The molecule has 5 heteroatoms. The molecule has 1 atom stereocenters. The number of hydrogen-bond donors (Lipinski definition) is 0. The summed E-state index contributed by atoms with van der Waals surface area (Å²) >= 11 is 0. The fourth-order valence-corrected chi connectivity index (χ4v) is 3.03. The minimum atomic E-state index is -0.974. The Morgan fingerprint density at radius 1 is 1.19 bits per heavy atom. The highest BCUT2D eigenvalue weighted by atomic mass is 16.5. The lowest BCUT2D eigenvalue weighted by atomic mass is 10.1. The van der Waals surface area contributed by atoms with Gasteiger partial charge in [-0.3, -0.25) is 4.79 Å². The van der Waals surface area contributed by atoms with Crippen LogP contribution in [0.2, 0.25) is 0 Å². The maximum absolute atomic E-state index is 12.7.